The Morgan fingerprint density at radius 3 is 3.00 bits per heavy atom. The standard InChI is InChI=1S/C10H15N3OS/c1-12-3-4-15-7-9(12)10(14)8-5-11-13(2)6-8/h5-6,9H,3-4,7H2,1-2H3. The summed E-state index contributed by atoms with van der Waals surface area (Å²) in [6, 6.07) is 0.0212. The number of aryl methyl sites for hydroxylation is 1. The quantitative estimate of drug-likeness (QED) is 0.693. The number of nitrogens with zero attached hydrogens (tertiary/aromatic N) is 3. The molecule has 0 amide bonds. The Balaban J connectivity index is 2.13. The first-order chi connectivity index (χ1) is 7.18. The van der Waals surface area contributed by atoms with E-state index in [1.807, 2.05) is 25.9 Å². The van der Waals surface area contributed by atoms with E-state index >= 15 is 0 Å². The van der Waals surface area contributed by atoms with Gasteiger partial charge in [-0.05, 0) is 7.05 Å². The zero-order valence-electron chi connectivity index (χ0n) is 9.01. The summed E-state index contributed by atoms with van der Waals surface area (Å²) in [4.78, 5) is 14.2. The average molecular weight is 225 g/mol. The largest absolute Gasteiger partial charge is 0.295 e. The number of likely N-dealkylation sites (N-methyl/N-ethyl adjacent to an activating group) is 1. The second-order valence-corrected chi connectivity index (χ2v) is 4.99. The smallest absolute Gasteiger partial charge is 0.183 e. The second-order valence-electron chi connectivity index (χ2n) is 3.84. The van der Waals surface area contributed by atoms with Crippen LogP contribution in [0.25, 0.3) is 0 Å². The maximum absolute atomic E-state index is 12.1. The summed E-state index contributed by atoms with van der Waals surface area (Å²) in [6.07, 6.45) is 3.44. The lowest BCUT2D eigenvalue weighted by atomic mass is 10.1. The highest BCUT2D eigenvalue weighted by Crippen LogP contribution is 2.18. The minimum Gasteiger partial charge on any atom is -0.295 e. The summed E-state index contributed by atoms with van der Waals surface area (Å²) in [5, 5.41) is 4.03. The molecule has 1 unspecified atom stereocenters. The summed E-state index contributed by atoms with van der Waals surface area (Å²) in [7, 11) is 3.84. The Hall–Kier alpha value is -0.810. The van der Waals surface area contributed by atoms with Crippen molar-refractivity contribution in [1.82, 2.24) is 14.7 Å². The molecule has 2 heterocycles. The number of hydrogen-bond acceptors (Lipinski definition) is 4. The molecule has 0 N–H and O–H groups in total. The number of aromatic nitrogens is 2. The maximum Gasteiger partial charge on any atom is 0.183 e. The van der Waals surface area contributed by atoms with Gasteiger partial charge < -0.3 is 0 Å². The van der Waals surface area contributed by atoms with Gasteiger partial charge in [-0.3, -0.25) is 14.4 Å². The average Bonchev–Trinajstić information content (AvgIpc) is 2.65. The molecule has 0 radical (unpaired) electrons. The molecule has 1 aromatic rings. The molecule has 15 heavy (non-hydrogen) atoms. The van der Waals surface area contributed by atoms with Gasteiger partial charge in [0.25, 0.3) is 0 Å². The number of thioether (sulfide) groups is 1. The van der Waals surface area contributed by atoms with Gasteiger partial charge in [-0.1, -0.05) is 0 Å². The Labute approximate surface area is 93.6 Å². The van der Waals surface area contributed by atoms with Crippen molar-refractivity contribution in [2.24, 2.45) is 7.05 Å². The van der Waals surface area contributed by atoms with E-state index in [4.69, 9.17) is 0 Å². The highest BCUT2D eigenvalue weighted by Gasteiger charge is 2.27. The number of carbonyl (C=O) groups is 1. The molecular formula is C10H15N3OS. The van der Waals surface area contributed by atoms with Gasteiger partial charge >= 0.3 is 0 Å². The molecule has 1 fully saturated rings. The molecule has 5 heteroatoms. The molecule has 82 valence electrons. The van der Waals surface area contributed by atoms with Crippen LogP contribution in [0.3, 0.4) is 0 Å². The number of rotatable bonds is 2. The number of carbonyl (C=O) groups excluding carboxylic acids is 1. The molecule has 0 aromatic carbocycles. The molecule has 1 atom stereocenters. The molecule has 1 aliphatic heterocycles. The summed E-state index contributed by atoms with van der Waals surface area (Å²) in [5.41, 5.74) is 0.719. The van der Waals surface area contributed by atoms with Gasteiger partial charge in [0.1, 0.15) is 0 Å². The van der Waals surface area contributed by atoms with Crippen LogP contribution in [0.4, 0.5) is 0 Å². The molecule has 1 saturated heterocycles. The van der Waals surface area contributed by atoms with Crippen LogP contribution >= 0.6 is 11.8 Å². The number of Topliss-reactive ketones (excluding diaryl/α,β-unsaturated/α-hetero) is 1. The summed E-state index contributed by atoms with van der Waals surface area (Å²) in [5.74, 6) is 2.20. The van der Waals surface area contributed by atoms with Crippen LogP contribution in [0, 0.1) is 0 Å². The highest BCUT2D eigenvalue weighted by atomic mass is 32.2. The van der Waals surface area contributed by atoms with Crippen molar-refractivity contribution in [3.05, 3.63) is 18.0 Å². The van der Waals surface area contributed by atoms with Crippen molar-refractivity contribution in [3.8, 4) is 0 Å². The van der Waals surface area contributed by atoms with E-state index in [1.165, 1.54) is 0 Å². The van der Waals surface area contributed by atoms with E-state index in [1.54, 1.807) is 17.1 Å². The zero-order chi connectivity index (χ0) is 10.8. The Bertz CT molecular complexity index is 363. The van der Waals surface area contributed by atoms with E-state index < -0.39 is 0 Å². The number of hydrogen-bond donors (Lipinski definition) is 0. The van der Waals surface area contributed by atoms with Gasteiger partial charge in [0, 0.05) is 31.3 Å². The van der Waals surface area contributed by atoms with Crippen molar-refractivity contribution in [2.45, 2.75) is 6.04 Å². The lowest BCUT2D eigenvalue weighted by Crippen LogP contribution is -2.44. The third kappa shape index (κ3) is 2.23. The van der Waals surface area contributed by atoms with Crippen molar-refractivity contribution in [3.63, 3.8) is 0 Å². The fraction of sp³-hybridized carbons (Fsp3) is 0.600. The second kappa shape index (κ2) is 4.37. The van der Waals surface area contributed by atoms with E-state index in [9.17, 15) is 4.79 Å². The van der Waals surface area contributed by atoms with E-state index in [-0.39, 0.29) is 11.8 Å². The van der Waals surface area contributed by atoms with E-state index in [0.717, 1.165) is 23.6 Å². The Morgan fingerprint density at radius 2 is 2.40 bits per heavy atom. The van der Waals surface area contributed by atoms with Crippen LogP contribution in [-0.4, -0.2) is 51.6 Å². The van der Waals surface area contributed by atoms with Crippen molar-refractivity contribution < 1.29 is 4.79 Å². The van der Waals surface area contributed by atoms with Gasteiger partial charge in [0.2, 0.25) is 0 Å². The van der Waals surface area contributed by atoms with E-state index in [2.05, 4.69) is 10.00 Å². The van der Waals surface area contributed by atoms with Crippen LogP contribution in [-0.2, 0) is 7.05 Å². The first-order valence-electron chi connectivity index (χ1n) is 4.99. The maximum atomic E-state index is 12.1. The predicted molar refractivity (Wildman–Crippen MR) is 61.3 cm³/mol. The lowest BCUT2D eigenvalue weighted by molar-refractivity contribution is 0.0874. The summed E-state index contributed by atoms with van der Waals surface area (Å²) >= 11 is 1.85. The zero-order valence-corrected chi connectivity index (χ0v) is 9.83. The molecule has 0 aliphatic carbocycles. The lowest BCUT2D eigenvalue weighted by Gasteiger charge is -2.30. The van der Waals surface area contributed by atoms with Gasteiger partial charge in [-0.15, -0.1) is 0 Å². The fourth-order valence-electron chi connectivity index (χ4n) is 1.70. The topological polar surface area (TPSA) is 38.1 Å². The third-order valence-corrected chi connectivity index (χ3v) is 3.71. The summed E-state index contributed by atoms with van der Waals surface area (Å²) in [6.45, 7) is 0.987. The molecule has 0 spiro atoms. The van der Waals surface area contributed by atoms with Crippen LogP contribution in [0.5, 0.6) is 0 Å². The first kappa shape index (κ1) is 10.7. The van der Waals surface area contributed by atoms with Crippen molar-refractivity contribution in [1.29, 1.82) is 0 Å². The first-order valence-corrected chi connectivity index (χ1v) is 6.15. The van der Waals surface area contributed by atoms with Crippen molar-refractivity contribution in [2.75, 3.05) is 25.1 Å². The molecule has 0 bridgehead atoms. The molecule has 1 aromatic heterocycles. The van der Waals surface area contributed by atoms with Crippen LogP contribution < -0.4 is 0 Å². The van der Waals surface area contributed by atoms with Gasteiger partial charge in [0.05, 0.1) is 17.8 Å². The normalized spacial score (nSPS) is 22.9. The molecule has 4 nitrogen and oxygen atoms in total. The van der Waals surface area contributed by atoms with E-state index in [0.29, 0.717) is 0 Å². The van der Waals surface area contributed by atoms with Crippen LogP contribution in [0.2, 0.25) is 0 Å². The van der Waals surface area contributed by atoms with Crippen LogP contribution in [0.1, 0.15) is 10.4 Å². The third-order valence-electron chi connectivity index (χ3n) is 2.69. The van der Waals surface area contributed by atoms with Crippen LogP contribution in [0.15, 0.2) is 12.4 Å². The Kier molecular flexibility index (Phi) is 3.11. The molecule has 0 saturated carbocycles. The summed E-state index contributed by atoms with van der Waals surface area (Å²) < 4.78 is 1.67. The SMILES string of the molecule is CN1CCSCC1C(=O)c1cnn(C)c1. The Morgan fingerprint density at radius 1 is 1.60 bits per heavy atom. The van der Waals surface area contributed by atoms with Gasteiger partial charge in [0.15, 0.2) is 5.78 Å². The number of ketones is 1. The molecular weight excluding hydrogens is 210 g/mol. The van der Waals surface area contributed by atoms with Gasteiger partial charge in [-0.2, -0.15) is 16.9 Å². The minimum absolute atomic E-state index is 0.0212. The van der Waals surface area contributed by atoms with Gasteiger partial charge in [-0.25, -0.2) is 0 Å². The van der Waals surface area contributed by atoms with Crippen molar-refractivity contribution >= 4 is 17.5 Å². The predicted octanol–water partition coefficient (Wildman–Crippen LogP) is 0.650. The molecule has 2 rings (SSSR count). The minimum atomic E-state index is 0.0212. The fourth-order valence-corrected chi connectivity index (χ4v) is 2.92. The molecule has 1 aliphatic rings. The highest BCUT2D eigenvalue weighted by molar-refractivity contribution is 7.99. The monoisotopic (exact) mass is 225 g/mol.